The summed E-state index contributed by atoms with van der Waals surface area (Å²) in [5, 5.41) is -0.534. The Labute approximate surface area is 164 Å². The summed E-state index contributed by atoms with van der Waals surface area (Å²) in [6, 6.07) is 14.3. The topological polar surface area (TPSA) is 46.6 Å². The second-order valence-corrected chi connectivity index (χ2v) is 8.73. The summed E-state index contributed by atoms with van der Waals surface area (Å²) in [6.45, 7) is 0. The van der Waals surface area contributed by atoms with E-state index in [4.69, 9.17) is 16.3 Å². The highest BCUT2D eigenvalue weighted by Crippen LogP contribution is 2.44. The number of benzene rings is 2. The quantitative estimate of drug-likeness (QED) is 0.655. The molecule has 0 saturated carbocycles. The normalized spacial score (nSPS) is 20.5. The van der Waals surface area contributed by atoms with Crippen molar-refractivity contribution in [2.45, 2.75) is 16.7 Å². The van der Waals surface area contributed by atoms with E-state index in [-0.39, 0.29) is 4.90 Å². The standard InChI is InChI=1S/C21H18ClNO3S/c1-23-19-11-7-3-6-10-17(19)21(22)18-13-12-16(14-20(18)27(23,24)25)26-15-8-4-2-5-9-15/h2-9,11-14,21H,10H2,1H3. The number of ether oxygens (including phenoxy) is 1. The third-order valence-electron chi connectivity index (χ3n) is 4.69. The molecule has 0 saturated heterocycles. The number of para-hydroxylation sites is 1. The first kappa shape index (κ1) is 17.9. The highest BCUT2D eigenvalue weighted by molar-refractivity contribution is 7.89. The zero-order valence-corrected chi connectivity index (χ0v) is 16.2. The molecule has 6 heteroatoms. The van der Waals surface area contributed by atoms with Crippen molar-refractivity contribution in [2.24, 2.45) is 0 Å². The maximum absolute atomic E-state index is 13.3. The molecule has 0 bridgehead atoms. The van der Waals surface area contributed by atoms with Gasteiger partial charge in [0, 0.05) is 13.1 Å². The van der Waals surface area contributed by atoms with Gasteiger partial charge in [0.05, 0.1) is 16.0 Å². The second-order valence-electron chi connectivity index (χ2n) is 6.35. The fourth-order valence-corrected chi connectivity index (χ4v) is 5.21. The molecule has 0 radical (unpaired) electrons. The van der Waals surface area contributed by atoms with E-state index in [0.29, 0.717) is 29.2 Å². The van der Waals surface area contributed by atoms with Gasteiger partial charge in [0.2, 0.25) is 0 Å². The van der Waals surface area contributed by atoms with Gasteiger partial charge in [-0.2, -0.15) is 0 Å². The van der Waals surface area contributed by atoms with E-state index >= 15 is 0 Å². The van der Waals surface area contributed by atoms with E-state index in [2.05, 4.69) is 0 Å². The number of alkyl halides is 1. The maximum atomic E-state index is 13.3. The summed E-state index contributed by atoms with van der Waals surface area (Å²) in [5.74, 6) is 1.09. The van der Waals surface area contributed by atoms with E-state index in [0.717, 1.165) is 5.57 Å². The molecule has 138 valence electrons. The van der Waals surface area contributed by atoms with Gasteiger partial charge in [-0.1, -0.05) is 42.5 Å². The van der Waals surface area contributed by atoms with Crippen LogP contribution in [0.4, 0.5) is 0 Å². The first-order valence-electron chi connectivity index (χ1n) is 8.54. The first-order valence-corrected chi connectivity index (χ1v) is 10.4. The Hall–Kier alpha value is -2.50. The summed E-state index contributed by atoms with van der Waals surface area (Å²) in [5.41, 5.74) is 2.04. The summed E-state index contributed by atoms with van der Waals surface area (Å²) in [4.78, 5) is 0.170. The largest absolute Gasteiger partial charge is 0.457 e. The lowest BCUT2D eigenvalue weighted by atomic mass is 10.00. The highest BCUT2D eigenvalue weighted by atomic mass is 35.5. The summed E-state index contributed by atoms with van der Waals surface area (Å²) < 4.78 is 33.7. The molecule has 2 aromatic rings. The van der Waals surface area contributed by atoms with E-state index in [1.54, 1.807) is 31.3 Å². The molecule has 0 amide bonds. The monoisotopic (exact) mass is 399 g/mol. The van der Waals surface area contributed by atoms with Gasteiger partial charge < -0.3 is 4.74 Å². The Morgan fingerprint density at radius 3 is 2.63 bits per heavy atom. The van der Waals surface area contributed by atoms with Crippen LogP contribution in [-0.2, 0) is 10.0 Å². The number of sulfonamides is 1. The summed E-state index contributed by atoms with van der Waals surface area (Å²) in [6.07, 6.45) is 8.10. The number of hydrogen-bond donors (Lipinski definition) is 0. The van der Waals surface area contributed by atoms with Crippen LogP contribution in [0.2, 0.25) is 0 Å². The van der Waals surface area contributed by atoms with Gasteiger partial charge in [0.25, 0.3) is 10.0 Å². The first-order chi connectivity index (χ1) is 13.0. The number of allylic oxidation sites excluding steroid dienone is 5. The fourth-order valence-electron chi connectivity index (χ4n) is 3.27. The molecule has 2 aromatic carbocycles. The maximum Gasteiger partial charge on any atom is 0.264 e. The molecule has 1 unspecified atom stereocenters. The van der Waals surface area contributed by atoms with Crippen molar-refractivity contribution in [3.8, 4) is 11.5 Å². The van der Waals surface area contributed by atoms with Gasteiger partial charge in [0.15, 0.2) is 0 Å². The van der Waals surface area contributed by atoms with Crippen LogP contribution in [0.5, 0.6) is 11.5 Å². The van der Waals surface area contributed by atoms with Crippen molar-refractivity contribution in [2.75, 3.05) is 7.05 Å². The van der Waals surface area contributed by atoms with Gasteiger partial charge >= 0.3 is 0 Å². The van der Waals surface area contributed by atoms with E-state index in [1.165, 1.54) is 4.31 Å². The van der Waals surface area contributed by atoms with Crippen LogP contribution in [0.1, 0.15) is 17.4 Å². The van der Waals surface area contributed by atoms with Crippen LogP contribution in [-0.4, -0.2) is 19.8 Å². The van der Waals surface area contributed by atoms with Gasteiger partial charge in [-0.3, -0.25) is 4.31 Å². The Morgan fingerprint density at radius 2 is 1.85 bits per heavy atom. The molecule has 0 aromatic heterocycles. The third-order valence-corrected chi connectivity index (χ3v) is 7.01. The fraction of sp³-hybridized carbons (Fsp3) is 0.143. The van der Waals surface area contributed by atoms with Crippen molar-refractivity contribution in [1.82, 2.24) is 4.31 Å². The number of likely N-dealkylation sites (N-methyl/N-ethyl adjacent to an activating group) is 1. The zero-order valence-electron chi connectivity index (χ0n) is 14.7. The number of fused-ring (bicyclic) bond motifs is 1. The van der Waals surface area contributed by atoms with Crippen LogP contribution < -0.4 is 4.74 Å². The van der Waals surface area contributed by atoms with Crippen LogP contribution in [0.25, 0.3) is 0 Å². The number of nitrogens with zero attached hydrogens (tertiary/aromatic N) is 1. The molecule has 4 nitrogen and oxygen atoms in total. The van der Waals surface area contributed by atoms with Crippen molar-refractivity contribution in [3.05, 3.63) is 89.7 Å². The van der Waals surface area contributed by atoms with Crippen molar-refractivity contribution < 1.29 is 13.2 Å². The van der Waals surface area contributed by atoms with Gasteiger partial charge in [-0.05, 0) is 41.8 Å². The van der Waals surface area contributed by atoms with Crippen LogP contribution in [0.3, 0.4) is 0 Å². The molecule has 4 rings (SSSR count). The molecule has 1 aliphatic heterocycles. The highest BCUT2D eigenvalue weighted by Gasteiger charge is 2.35. The van der Waals surface area contributed by atoms with Crippen molar-refractivity contribution in [3.63, 3.8) is 0 Å². The molecular formula is C21H18ClNO3S. The Kier molecular flexibility index (Phi) is 4.58. The zero-order chi connectivity index (χ0) is 19.0. The summed E-state index contributed by atoms with van der Waals surface area (Å²) in [7, 11) is -2.20. The van der Waals surface area contributed by atoms with Crippen LogP contribution in [0, 0.1) is 0 Å². The molecule has 1 atom stereocenters. The predicted octanol–water partition coefficient (Wildman–Crippen LogP) is 5.16. The molecule has 0 spiro atoms. The van der Waals surface area contributed by atoms with Crippen LogP contribution in [0.15, 0.2) is 89.0 Å². The predicted molar refractivity (Wildman–Crippen MR) is 106 cm³/mol. The average Bonchev–Trinajstić information content (AvgIpc) is 2.95. The van der Waals surface area contributed by atoms with Gasteiger partial charge in [-0.15, -0.1) is 11.6 Å². The molecular weight excluding hydrogens is 382 g/mol. The molecule has 1 aliphatic carbocycles. The Morgan fingerprint density at radius 1 is 1.07 bits per heavy atom. The van der Waals surface area contributed by atoms with E-state index in [1.807, 2.05) is 48.6 Å². The molecule has 0 N–H and O–H groups in total. The Bertz CT molecular complexity index is 1070. The van der Waals surface area contributed by atoms with Crippen LogP contribution >= 0.6 is 11.6 Å². The summed E-state index contributed by atoms with van der Waals surface area (Å²) >= 11 is 6.75. The lowest BCUT2D eigenvalue weighted by Crippen LogP contribution is -2.25. The molecule has 2 aliphatic rings. The van der Waals surface area contributed by atoms with E-state index < -0.39 is 15.4 Å². The van der Waals surface area contributed by atoms with Crippen molar-refractivity contribution >= 4 is 21.6 Å². The lowest BCUT2D eigenvalue weighted by molar-refractivity contribution is 0.479. The number of hydrogen-bond acceptors (Lipinski definition) is 3. The third kappa shape index (κ3) is 3.17. The van der Waals surface area contributed by atoms with Gasteiger partial charge in [-0.25, -0.2) is 8.42 Å². The minimum atomic E-state index is -3.76. The number of rotatable bonds is 2. The molecule has 27 heavy (non-hydrogen) atoms. The lowest BCUT2D eigenvalue weighted by Gasteiger charge is -2.20. The SMILES string of the molecule is CN1C2=C(CC=CC=C2)C(Cl)c2ccc(Oc3ccccc3)cc2S1(=O)=O. The van der Waals surface area contributed by atoms with E-state index in [9.17, 15) is 8.42 Å². The molecule has 0 fully saturated rings. The second kappa shape index (κ2) is 6.91. The minimum Gasteiger partial charge on any atom is -0.457 e. The smallest absolute Gasteiger partial charge is 0.264 e. The average molecular weight is 400 g/mol. The van der Waals surface area contributed by atoms with Crippen molar-refractivity contribution in [1.29, 1.82) is 0 Å². The van der Waals surface area contributed by atoms with Gasteiger partial charge in [0.1, 0.15) is 11.5 Å². The molecule has 1 heterocycles. The minimum absolute atomic E-state index is 0.170. The number of halogens is 1. The Balaban J connectivity index is 1.83.